The van der Waals surface area contributed by atoms with Gasteiger partial charge in [0.1, 0.15) is 5.54 Å². The van der Waals surface area contributed by atoms with Crippen LogP contribution >= 0.6 is 31.9 Å². The number of fused-ring (bicyclic) bond motifs is 1. The number of amides is 1. The Bertz CT molecular complexity index is 877. The second kappa shape index (κ2) is 8.88. The summed E-state index contributed by atoms with van der Waals surface area (Å²) in [6.07, 6.45) is 1.83. The lowest BCUT2D eigenvalue weighted by molar-refractivity contribution is -0.147. The van der Waals surface area contributed by atoms with Gasteiger partial charge in [0.25, 0.3) is 0 Å². The quantitative estimate of drug-likeness (QED) is 0.638. The summed E-state index contributed by atoms with van der Waals surface area (Å²) >= 11 is 7.15. The Labute approximate surface area is 189 Å². The largest absolute Gasteiger partial charge is 0.337 e. The summed E-state index contributed by atoms with van der Waals surface area (Å²) in [5, 5.41) is 3.44. The van der Waals surface area contributed by atoms with Gasteiger partial charge in [0, 0.05) is 48.2 Å². The van der Waals surface area contributed by atoms with Crippen molar-refractivity contribution in [1.29, 1.82) is 0 Å². The van der Waals surface area contributed by atoms with Gasteiger partial charge < -0.3 is 10.2 Å². The highest BCUT2D eigenvalue weighted by Crippen LogP contribution is 2.43. The van der Waals surface area contributed by atoms with Crippen LogP contribution in [0.1, 0.15) is 30.0 Å². The number of likely N-dealkylation sites (N-methyl/N-ethyl adjacent to an activating group) is 1. The highest BCUT2D eigenvalue weighted by Gasteiger charge is 2.51. The van der Waals surface area contributed by atoms with Crippen LogP contribution in [0.5, 0.6) is 0 Å². The third-order valence-corrected chi connectivity index (χ3v) is 7.11. The van der Waals surface area contributed by atoms with E-state index in [1.54, 1.807) is 0 Å². The van der Waals surface area contributed by atoms with E-state index in [0.29, 0.717) is 13.1 Å². The molecule has 1 atom stereocenters. The SMILES string of the molecule is CCN(Cc1cc(Br)cc(Br)c1)C(=O)C1(N2CCNCC2)CCc2ccccc21. The smallest absolute Gasteiger partial charge is 0.248 e. The molecule has 1 aliphatic carbocycles. The molecule has 1 saturated heterocycles. The molecule has 1 unspecified atom stereocenters. The summed E-state index contributed by atoms with van der Waals surface area (Å²) < 4.78 is 2.04. The van der Waals surface area contributed by atoms with Gasteiger partial charge in [-0.25, -0.2) is 0 Å². The number of aryl methyl sites for hydroxylation is 1. The fourth-order valence-electron chi connectivity index (χ4n) is 4.84. The van der Waals surface area contributed by atoms with E-state index in [4.69, 9.17) is 0 Å². The van der Waals surface area contributed by atoms with Crippen LogP contribution in [0.4, 0.5) is 0 Å². The number of piperazine rings is 1. The zero-order valence-electron chi connectivity index (χ0n) is 16.8. The minimum absolute atomic E-state index is 0.239. The number of hydrogen-bond acceptors (Lipinski definition) is 3. The number of hydrogen-bond donors (Lipinski definition) is 1. The monoisotopic (exact) mass is 519 g/mol. The molecule has 4 nitrogen and oxygen atoms in total. The number of benzene rings is 2. The van der Waals surface area contributed by atoms with Crippen LogP contribution in [0.2, 0.25) is 0 Å². The van der Waals surface area contributed by atoms with Crippen molar-refractivity contribution in [3.8, 4) is 0 Å². The average molecular weight is 521 g/mol. The van der Waals surface area contributed by atoms with Crippen molar-refractivity contribution in [3.05, 3.63) is 68.1 Å². The van der Waals surface area contributed by atoms with E-state index in [1.807, 2.05) is 11.0 Å². The fraction of sp³-hybridized carbons (Fsp3) is 0.435. The van der Waals surface area contributed by atoms with Crippen LogP contribution < -0.4 is 5.32 Å². The van der Waals surface area contributed by atoms with E-state index in [1.165, 1.54) is 11.1 Å². The topological polar surface area (TPSA) is 35.6 Å². The molecule has 2 aromatic rings. The van der Waals surface area contributed by atoms with Gasteiger partial charge in [-0.1, -0.05) is 56.1 Å². The van der Waals surface area contributed by atoms with Crippen molar-refractivity contribution in [1.82, 2.24) is 15.1 Å². The molecule has 4 rings (SSSR count). The lowest BCUT2D eigenvalue weighted by atomic mass is 9.87. The van der Waals surface area contributed by atoms with Crippen molar-refractivity contribution in [2.45, 2.75) is 31.8 Å². The highest BCUT2D eigenvalue weighted by molar-refractivity contribution is 9.11. The minimum Gasteiger partial charge on any atom is -0.337 e. The van der Waals surface area contributed by atoms with Gasteiger partial charge >= 0.3 is 0 Å². The molecule has 0 aromatic heterocycles. The average Bonchev–Trinajstić information content (AvgIpc) is 3.12. The molecule has 1 fully saturated rings. The maximum absolute atomic E-state index is 14.2. The predicted octanol–water partition coefficient (Wildman–Crippen LogP) is 4.31. The van der Waals surface area contributed by atoms with E-state index in [9.17, 15) is 4.79 Å². The van der Waals surface area contributed by atoms with E-state index in [-0.39, 0.29) is 5.91 Å². The number of carbonyl (C=O) groups is 1. The number of carbonyl (C=O) groups excluding carboxylic acids is 1. The molecule has 0 bridgehead atoms. The fourth-order valence-corrected chi connectivity index (χ4v) is 6.22. The van der Waals surface area contributed by atoms with Gasteiger partial charge in [0.05, 0.1) is 0 Å². The zero-order chi connectivity index (χ0) is 20.4. The van der Waals surface area contributed by atoms with Crippen molar-refractivity contribution >= 4 is 37.8 Å². The Balaban J connectivity index is 1.71. The molecule has 2 aliphatic rings. The Morgan fingerprint density at radius 2 is 1.83 bits per heavy atom. The highest BCUT2D eigenvalue weighted by atomic mass is 79.9. The van der Waals surface area contributed by atoms with Gasteiger partial charge in [-0.3, -0.25) is 9.69 Å². The first-order valence-electron chi connectivity index (χ1n) is 10.3. The van der Waals surface area contributed by atoms with Crippen LogP contribution in [-0.4, -0.2) is 48.4 Å². The molecule has 1 N–H and O–H groups in total. The van der Waals surface area contributed by atoms with Gasteiger partial charge in [-0.2, -0.15) is 0 Å². The summed E-state index contributed by atoms with van der Waals surface area (Å²) in [5.41, 5.74) is 3.11. The molecule has 0 saturated carbocycles. The Hall–Kier alpha value is -1.21. The van der Waals surface area contributed by atoms with Crippen LogP contribution in [0.15, 0.2) is 51.4 Å². The molecule has 1 heterocycles. The van der Waals surface area contributed by atoms with Crippen LogP contribution in [0, 0.1) is 0 Å². The summed E-state index contributed by atoms with van der Waals surface area (Å²) in [6, 6.07) is 14.8. The maximum Gasteiger partial charge on any atom is 0.248 e. The predicted molar refractivity (Wildman–Crippen MR) is 124 cm³/mol. The normalized spacial score (nSPS) is 21.8. The minimum atomic E-state index is -0.544. The van der Waals surface area contributed by atoms with E-state index in [0.717, 1.165) is 53.5 Å². The number of halogens is 2. The zero-order valence-corrected chi connectivity index (χ0v) is 19.9. The van der Waals surface area contributed by atoms with Crippen molar-refractivity contribution in [2.75, 3.05) is 32.7 Å². The first kappa shape index (κ1) is 21.0. The van der Waals surface area contributed by atoms with E-state index in [2.05, 4.69) is 85.4 Å². The molecular weight excluding hydrogens is 494 g/mol. The summed E-state index contributed by atoms with van der Waals surface area (Å²) in [5.74, 6) is 0.239. The molecule has 154 valence electrons. The Kier molecular flexibility index (Phi) is 6.44. The molecule has 1 aliphatic heterocycles. The molecule has 2 aromatic carbocycles. The Morgan fingerprint density at radius 1 is 1.14 bits per heavy atom. The number of rotatable bonds is 5. The van der Waals surface area contributed by atoms with E-state index < -0.39 is 5.54 Å². The summed E-state index contributed by atoms with van der Waals surface area (Å²) in [6.45, 7) is 7.06. The summed E-state index contributed by atoms with van der Waals surface area (Å²) in [4.78, 5) is 18.6. The number of nitrogens with zero attached hydrogens (tertiary/aromatic N) is 2. The molecule has 1 amide bonds. The van der Waals surface area contributed by atoms with Crippen molar-refractivity contribution < 1.29 is 4.79 Å². The third kappa shape index (κ3) is 4.05. The van der Waals surface area contributed by atoms with Crippen LogP contribution in [0.3, 0.4) is 0 Å². The second-order valence-corrected chi connectivity index (χ2v) is 9.68. The molecule has 6 heteroatoms. The molecule has 0 radical (unpaired) electrons. The van der Waals surface area contributed by atoms with Crippen LogP contribution in [-0.2, 0) is 23.3 Å². The molecule has 29 heavy (non-hydrogen) atoms. The van der Waals surface area contributed by atoms with Crippen molar-refractivity contribution in [3.63, 3.8) is 0 Å². The first-order chi connectivity index (χ1) is 14.0. The van der Waals surface area contributed by atoms with Gasteiger partial charge in [0.2, 0.25) is 5.91 Å². The maximum atomic E-state index is 14.2. The van der Waals surface area contributed by atoms with Gasteiger partial charge in [-0.15, -0.1) is 0 Å². The van der Waals surface area contributed by atoms with Gasteiger partial charge in [-0.05, 0) is 54.7 Å². The molecule has 0 spiro atoms. The van der Waals surface area contributed by atoms with Crippen molar-refractivity contribution in [2.24, 2.45) is 0 Å². The molecular formula is C23H27Br2N3O. The third-order valence-electron chi connectivity index (χ3n) is 6.19. The second-order valence-electron chi connectivity index (χ2n) is 7.85. The van der Waals surface area contributed by atoms with E-state index >= 15 is 0 Å². The van der Waals surface area contributed by atoms with Crippen LogP contribution in [0.25, 0.3) is 0 Å². The lowest BCUT2D eigenvalue weighted by Gasteiger charge is -2.45. The standard InChI is InChI=1S/C23H27Br2N3O/c1-2-27(16-17-13-19(24)15-20(25)14-17)22(29)23(28-11-9-26-10-12-28)8-7-18-5-3-4-6-21(18)23/h3-6,13-15,26H,2,7-12,16H2,1H3. The van der Waals surface area contributed by atoms with Gasteiger partial charge in [0.15, 0.2) is 0 Å². The number of nitrogens with one attached hydrogen (secondary N) is 1. The lowest BCUT2D eigenvalue weighted by Crippen LogP contribution is -2.60. The first-order valence-corrected chi connectivity index (χ1v) is 11.9. The Morgan fingerprint density at radius 3 is 2.52 bits per heavy atom. The summed E-state index contributed by atoms with van der Waals surface area (Å²) in [7, 11) is 0.